The molecule has 1 unspecified atom stereocenters. The summed E-state index contributed by atoms with van der Waals surface area (Å²) in [7, 11) is 0. The molecule has 0 bridgehead atoms. The molecule has 0 radical (unpaired) electrons. The van der Waals surface area contributed by atoms with Crippen LogP contribution in [0, 0.1) is 21.7 Å². The van der Waals surface area contributed by atoms with Gasteiger partial charge < -0.3 is 5.32 Å². The Morgan fingerprint density at radius 2 is 1.90 bits per heavy atom. The monoisotopic (exact) mass is 278 g/mol. The predicted molar refractivity (Wildman–Crippen MR) is 71.5 cm³/mol. The Morgan fingerprint density at radius 1 is 1.20 bits per heavy atom. The minimum absolute atomic E-state index is 0.0618. The number of nitrogens with zero attached hydrogens (tertiary/aromatic N) is 1. The van der Waals surface area contributed by atoms with E-state index in [9.17, 15) is 18.9 Å². The molecule has 20 heavy (non-hydrogen) atoms. The second-order valence-electron chi connectivity index (χ2n) is 4.31. The van der Waals surface area contributed by atoms with E-state index < -0.39 is 28.3 Å². The Balaban J connectivity index is 2.30. The van der Waals surface area contributed by atoms with Crippen LogP contribution in [0.25, 0.3) is 0 Å². The highest BCUT2D eigenvalue weighted by molar-refractivity contribution is 5.62. The molecule has 0 saturated carbocycles. The van der Waals surface area contributed by atoms with Gasteiger partial charge in [0.05, 0.1) is 4.92 Å². The first kappa shape index (κ1) is 13.9. The fourth-order valence-electron chi connectivity index (χ4n) is 1.91. The maximum absolute atomic E-state index is 13.5. The van der Waals surface area contributed by atoms with Crippen LogP contribution in [0.1, 0.15) is 18.5 Å². The highest BCUT2D eigenvalue weighted by Gasteiger charge is 2.21. The second-order valence-corrected chi connectivity index (χ2v) is 4.31. The lowest BCUT2D eigenvalue weighted by Crippen LogP contribution is -2.09. The Labute approximate surface area is 114 Å². The van der Waals surface area contributed by atoms with Gasteiger partial charge in [0.2, 0.25) is 5.82 Å². The third-order valence-corrected chi connectivity index (χ3v) is 2.89. The van der Waals surface area contributed by atoms with Gasteiger partial charge in [0, 0.05) is 6.04 Å². The van der Waals surface area contributed by atoms with E-state index in [2.05, 4.69) is 5.32 Å². The molecule has 0 spiro atoms. The number of nitro benzene ring substituents is 1. The minimum atomic E-state index is -0.911. The van der Waals surface area contributed by atoms with Crippen molar-refractivity contribution in [3.8, 4) is 0 Å². The smallest absolute Gasteiger partial charge is 0.327 e. The molecular weight excluding hydrogens is 266 g/mol. The molecule has 0 saturated heterocycles. The molecule has 0 aromatic heterocycles. The van der Waals surface area contributed by atoms with Crippen molar-refractivity contribution in [2.75, 3.05) is 5.32 Å². The molecule has 4 nitrogen and oxygen atoms in total. The molecule has 2 aromatic carbocycles. The topological polar surface area (TPSA) is 55.2 Å². The summed E-state index contributed by atoms with van der Waals surface area (Å²) in [5.41, 5.74) is 0.0612. The van der Waals surface area contributed by atoms with Gasteiger partial charge in [-0.15, -0.1) is 0 Å². The second kappa shape index (κ2) is 5.64. The molecule has 0 fully saturated rings. The van der Waals surface area contributed by atoms with Crippen LogP contribution in [0.2, 0.25) is 0 Å². The molecule has 104 valence electrons. The van der Waals surface area contributed by atoms with Crippen molar-refractivity contribution < 1.29 is 13.7 Å². The van der Waals surface area contributed by atoms with E-state index in [-0.39, 0.29) is 5.69 Å². The largest absolute Gasteiger partial charge is 0.373 e. The van der Waals surface area contributed by atoms with Gasteiger partial charge in [-0.1, -0.05) is 18.2 Å². The van der Waals surface area contributed by atoms with Crippen LogP contribution in [0.15, 0.2) is 42.5 Å². The molecule has 0 aliphatic heterocycles. The summed E-state index contributed by atoms with van der Waals surface area (Å²) in [5, 5.41) is 13.7. The van der Waals surface area contributed by atoms with Gasteiger partial charge in [0.15, 0.2) is 0 Å². The lowest BCUT2D eigenvalue weighted by atomic mass is 10.1. The highest BCUT2D eigenvalue weighted by atomic mass is 19.1. The van der Waals surface area contributed by atoms with E-state index >= 15 is 0 Å². The third kappa shape index (κ3) is 2.90. The quantitative estimate of drug-likeness (QED) is 0.678. The molecule has 0 aliphatic rings. The average Bonchev–Trinajstić information content (AvgIpc) is 2.38. The predicted octanol–water partition coefficient (Wildman–Crippen LogP) is 4.05. The number of nitrogens with one attached hydrogen (secondary N) is 1. The number of hydrogen-bond donors (Lipinski definition) is 1. The number of nitro groups is 1. The summed E-state index contributed by atoms with van der Waals surface area (Å²) in [6, 6.07) is 9.28. The maximum atomic E-state index is 13.5. The standard InChI is InChI=1S/C14H12F2N2O2/c1-9(10-4-2-5-11(15)8-10)17-13-7-3-6-12(16)14(13)18(19)20/h2-9,17H,1H3. The zero-order valence-corrected chi connectivity index (χ0v) is 10.6. The number of para-hydroxylation sites is 1. The van der Waals surface area contributed by atoms with E-state index in [0.717, 1.165) is 6.07 Å². The van der Waals surface area contributed by atoms with E-state index in [1.807, 2.05) is 0 Å². The van der Waals surface area contributed by atoms with Crippen molar-refractivity contribution in [1.82, 2.24) is 0 Å². The zero-order chi connectivity index (χ0) is 14.7. The Bertz CT molecular complexity index is 647. The zero-order valence-electron chi connectivity index (χ0n) is 10.6. The van der Waals surface area contributed by atoms with Gasteiger partial charge in [-0.25, -0.2) is 4.39 Å². The van der Waals surface area contributed by atoms with Crippen LogP contribution >= 0.6 is 0 Å². The van der Waals surface area contributed by atoms with Crippen LogP contribution in [-0.2, 0) is 0 Å². The number of benzene rings is 2. The number of rotatable bonds is 4. The summed E-state index contributed by atoms with van der Waals surface area (Å²) >= 11 is 0. The molecular formula is C14H12F2N2O2. The van der Waals surface area contributed by atoms with E-state index in [1.165, 1.54) is 24.3 Å². The normalized spacial score (nSPS) is 11.9. The van der Waals surface area contributed by atoms with E-state index in [0.29, 0.717) is 5.56 Å². The minimum Gasteiger partial charge on any atom is -0.373 e. The summed E-state index contributed by atoms with van der Waals surface area (Å²) in [6.45, 7) is 1.71. The SMILES string of the molecule is CC(Nc1cccc(F)c1[N+](=O)[O-])c1cccc(F)c1. The van der Waals surface area contributed by atoms with Crippen molar-refractivity contribution in [2.24, 2.45) is 0 Å². The van der Waals surface area contributed by atoms with Crippen LogP contribution in [0.4, 0.5) is 20.2 Å². The third-order valence-electron chi connectivity index (χ3n) is 2.89. The van der Waals surface area contributed by atoms with Gasteiger partial charge >= 0.3 is 5.69 Å². The molecule has 2 aromatic rings. The van der Waals surface area contributed by atoms with Gasteiger partial charge in [-0.3, -0.25) is 10.1 Å². The van der Waals surface area contributed by atoms with Crippen molar-refractivity contribution in [3.05, 3.63) is 69.8 Å². The number of anilines is 1. The Morgan fingerprint density at radius 3 is 2.55 bits per heavy atom. The summed E-state index contributed by atoms with van der Waals surface area (Å²) in [4.78, 5) is 10.1. The molecule has 2 rings (SSSR count). The molecule has 0 heterocycles. The van der Waals surface area contributed by atoms with Crippen molar-refractivity contribution in [1.29, 1.82) is 0 Å². The molecule has 1 atom stereocenters. The molecule has 0 amide bonds. The van der Waals surface area contributed by atoms with Crippen molar-refractivity contribution >= 4 is 11.4 Å². The summed E-state index contributed by atoms with van der Waals surface area (Å²) in [5.74, 6) is -1.31. The molecule has 6 heteroatoms. The molecule has 1 N–H and O–H groups in total. The van der Waals surface area contributed by atoms with Crippen LogP contribution in [0.5, 0.6) is 0 Å². The number of halogens is 2. The van der Waals surface area contributed by atoms with Crippen LogP contribution in [-0.4, -0.2) is 4.92 Å². The fourth-order valence-corrected chi connectivity index (χ4v) is 1.91. The Hall–Kier alpha value is -2.50. The van der Waals surface area contributed by atoms with Gasteiger partial charge in [-0.05, 0) is 36.8 Å². The van der Waals surface area contributed by atoms with E-state index in [4.69, 9.17) is 0 Å². The van der Waals surface area contributed by atoms with E-state index in [1.54, 1.807) is 19.1 Å². The maximum Gasteiger partial charge on any atom is 0.327 e. The van der Waals surface area contributed by atoms with Crippen molar-refractivity contribution in [3.63, 3.8) is 0 Å². The van der Waals surface area contributed by atoms with Gasteiger partial charge in [0.25, 0.3) is 0 Å². The average molecular weight is 278 g/mol. The summed E-state index contributed by atoms with van der Waals surface area (Å²) in [6.07, 6.45) is 0. The lowest BCUT2D eigenvalue weighted by Gasteiger charge is -2.15. The van der Waals surface area contributed by atoms with Crippen LogP contribution in [0.3, 0.4) is 0 Å². The first-order valence-corrected chi connectivity index (χ1v) is 5.94. The Kier molecular flexibility index (Phi) is 3.93. The van der Waals surface area contributed by atoms with Gasteiger partial charge in [-0.2, -0.15) is 4.39 Å². The van der Waals surface area contributed by atoms with Gasteiger partial charge in [0.1, 0.15) is 11.5 Å². The summed E-state index contributed by atoms with van der Waals surface area (Å²) < 4.78 is 26.6. The molecule has 0 aliphatic carbocycles. The lowest BCUT2D eigenvalue weighted by molar-refractivity contribution is -0.386. The van der Waals surface area contributed by atoms with Crippen LogP contribution < -0.4 is 5.32 Å². The number of hydrogen-bond acceptors (Lipinski definition) is 3. The first-order chi connectivity index (χ1) is 9.49. The first-order valence-electron chi connectivity index (χ1n) is 5.94. The fraction of sp³-hybridized carbons (Fsp3) is 0.143. The highest BCUT2D eigenvalue weighted by Crippen LogP contribution is 2.30. The van der Waals surface area contributed by atoms with Crippen molar-refractivity contribution in [2.45, 2.75) is 13.0 Å².